The van der Waals surface area contributed by atoms with Crippen LogP contribution in [0, 0.1) is 0 Å². The maximum atomic E-state index is 6.48. The molecule has 4 nitrogen and oxygen atoms in total. The van der Waals surface area contributed by atoms with Crippen molar-refractivity contribution >= 4 is 134 Å². The minimum atomic E-state index is -2.04. The van der Waals surface area contributed by atoms with Gasteiger partial charge in [-0.25, -0.2) is 9.13 Å². The summed E-state index contributed by atoms with van der Waals surface area (Å²) >= 11 is 51.8. The number of fused-ring (bicyclic) bond motifs is 1. The van der Waals surface area contributed by atoms with Crippen LogP contribution in [-0.4, -0.2) is 17.8 Å². The number of aromatic nitrogens is 2. The molecule has 0 saturated carbocycles. The number of halogens is 8. The monoisotopic (exact) mass is 890 g/mol. The molecule has 0 bridgehead atoms. The predicted molar refractivity (Wildman–Crippen MR) is 238 cm³/mol. The first-order chi connectivity index (χ1) is 25.7. The summed E-state index contributed by atoms with van der Waals surface area (Å²) in [6, 6.07) is 29.2. The van der Waals surface area contributed by atoms with E-state index < -0.39 is 13.3 Å². The number of hydrogen-bond donors (Lipinski definition) is 0. The van der Waals surface area contributed by atoms with Crippen LogP contribution in [0.5, 0.6) is 11.5 Å². The van der Waals surface area contributed by atoms with Gasteiger partial charge in [-0.05, 0) is 77.9 Å². The molecule has 0 saturated heterocycles. The summed E-state index contributed by atoms with van der Waals surface area (Å²) in [6.07, 6.45) is 2.17. The molecule has 0 spiro atoms. The van der Waals surface area contributed by atoms with E-state index in [9.17, 15) is 0 Å². The van der Waals surface area contributed by atoms with Crippen molar-refractivity contribution in [3.63, 3.8) is 0 Å². The van der Waals surface area contributed by atoms with Crippen molar-refractivity contribution in [3.8, 4) is 11.5 Å². The Morgan fingerprint density at radius 2 is 0.818 bits per heavy atom. The van der Waals surface area contributed by atoms with Gasteiger partial charge in [-0.3, -0.25) is 0 Å². The van der Waals surface area contributed by atoms with E-state index in [0.717, 1.165) is 39.1 Å². The summed E-state index contributed by atoms with van der Waals surface area (Å²) in [5.74, 6) is 1.60. The molecule has 1 aromatic heterocycles. The van der Waals surface area contributed by atoms with E-state index in [1.54, 1.807) is 24.3 Å². The van der Waals surface area contributed by atoms with Crippen LogP contribution in [0.1, 0.15) is 41.5 Å². The van der Waals surface area contributed by atoms with Gasteiger partial charge in [0.05, 0.1) is 0 Å². The van der Waals surface area contributed by atoms with E-state index in [-0.39, 0.29) is 11.1 Å². The molecule has 0 unspecified atom stereocenters. The number of rotatable bonds is 5. The summed E-state index contributed by atoms with van der Waals surface area (Å²) < 4.78 is 16.6. The minimum absolute atomic E-state index is 0.0483. The third kappa shape index (κ3) is 9.09. The van der Waals surface area contributed by atoms with Crippen LogP contribution in [0.15, 0.2) is 109 Å². The standard InChI is InChI=1S/C24H12BCl8.C17H24BN2O2/c26-17-1-13(2-18(27)9-17)25(14-3-19(28)10-20(29)4-14,15-5-21(30)11-22(31)6-15)16-7-23(32)12-24(33)8-16;1-16(2,3)19-11-12-20(17(4,5)6)15(19)18-21-13-9-7-8-10-14(13)22-18/h1-12H;7-12H,1-6H3/q-1;+1. The zero-order valence-electron chi connectivity index (χ0n) is 30.8. The molecule has 6 aromatic rings. The van der Waals surface area contributed by atoms with Crippen LogP contribution in [0.25, 0.3) is 0 Å². The molecule has 0 amide bonds. The van der Waals surface area contributed by atoms with Gasteiger partial charge in [-0.15, -0.1) is 0 Å². The lowest BCUT2D eigenvalue weighted by molar-refractivity contribution is -0.738. The summed E-state index contributed by atoms with van der Waals surface area (Å²) in [7, 11) is -0.425. The maximum Gasteiger partial charge on any atom is 0.721 e. The number of nitrogens with zero attached hydrogens (tertiary/aromatic N) is 2. The van der Waals surface area contributed by atoms with Crippen LogP contribution < -0.4 is 41.5 Å². The van der Waals surface area contributed by atoms with Crippen molar-refractivity contribution in [2.75, 3.05) is 0 Å². The van der Waals surface area contributed by atoms with Gasteiger partial charge in [0.25, 0.3) is 0 Å². The maximum absolute atomic E-state index is 6.48. The zero-order chi connectivity index (χ0) is 40.0. The molecule has 0 atom stereocenters. The van der Waals surface area contributed by atoms with Gasteiger partial charge < -0.3 is 9.31 Å². The highest BCUT2D eigenvalue weighted by molar-refractivity contribution is 7.20. The fourth-order valence-corrected chi connectivity index (χ4v) is 9.40. The lowest BCUT2D eigenvalue weighted by Gasteiger charge is -2.45. The Kier molecular flexibility index (Phi) is 12.5. The average molecular weight is 894 g/mol. The number of imidazole rings is 1. The first-order valence-electron chi connectivity index (χ1n) is 17.3. The van der Waals surface area contributed by atoms with Gasteiger partial charge in [0.1, 0.15) is 41.1 Å². The Morgan fingerprint density at radius 1 is 0.509 bits per heavy atom. The molecule has 0 N–H and O–H groups in total. The summed E-state index contributed by atoms with van der Waals surface area (Å²) in [5.41, 5.74) is 4.05. The van der Waals surface area contributed by atoms with Crippen molar-refractivity contribution < 1.29 is 13.9 Å². The molecule has 2 heterocycles. The second-order valence-electron chi connectivity index (χ2n) is 15.4. The quantitative estimate of drug-likeness (QED) is 0.127. The lowest BCUT2D eigenvalue weighted by Crippen LogP contribution is -2.75. The molecule has 55 heavy (non-hydrogen) atoms. The van der Waals surface area contributed by atoms with Crippen molar-refractivity contribution in [1.29, 1.82) is 0 Å². The molecule has 0 radical (unpaired) electrons. The third-order valence-corrected chi connectivity index (χ3v) is 11.1. The fraction of sp³-hybridized carbons (Fsp3) is 0.195. The van der Waals surface area contributed by atoms with Crippen molar-refractivity contribution in [2.45, 2.75) is 52.6 Å². The van der Waals surface area contributed by atoms with Crippen molar-refractivity contribution in [3.05, 3.63) is 150 Å². The lowest BCUT2D eigenvalue weighted by atomic mass is 9.13. The zero-order valence-corrected chi connectivity index (χ0v) is 36.8. The Balaban J connectivity index is 0.000000203. The molecular formula is C41H36B2Cl8N2O2. The molecule has 0 aliphatic carbocycles. The van der Waals surface area contributed by atoms with E-state index in [2.05, 4.69) is 63.1 Å². The second-order valence-corrected chi connectivity index (χ2v) is 18.9. The molecule has 284 valence electrons. The molecule has 5 aromatic carbocycles. The average Bonchev–Trinajstić information content (AvgIpc) is 3.69. The highest BCUT2D eigenvalue weighted by Crippen LogP contribution is 2.33. The van der Waals surface area contributed by atoms with Crippen LogP contribution in [0.2, 0.25) is 40.2 Å². The van der Waals surface area contributed by atoms with Crippen molar-refractivity contribution in [1.82, 2.24) is 4.57 Å². The predicted octanol–water partition coefficient (Wildman–Crippen LogP) is 10.7. The first kappa shape index (κ1) is 42.0. The van der Waals surface area contributed by atoms with Gasteiger partial charge in [0, 0.05) is 40.2 Å². The molecule has 14 heteroatoms. The van der Waals surface area contributed by atoms with Gasteiger partial charge in [-0.2, -0.15) is 21.9 Å². The van der Waals surface area contributed by atoms with Gasteiger partial charge in [0.2, 0.25) is 0 Å². The van der Waals surface area contributed by atoms with Crippen LogP contribution in [-0.2, 0) is 11.1 Å². The molecule has 7 rings (SSSR count). The summed E-state index contributed by atoms with van der Waals surface area (Å²) in [4.78, 5) is 0. The SMILES string of the molecule is CC(C)(C)n1cc[n+](C(C)(C)C)c1B1Oc2ccccc2O1.Clc1cc(Cl)cc([B-](c2cc(Cl)cc(Cl)c2)(c2cc(Cl)cc(Cl)c2)c2cc(Cl)cc(Cl)c2)c1. The van der Waals surface area contributed by atoms with Crippen LogP contribution in [0.4, 0.5) is 0 Å². The highest BCUT2D eigenvalue weighted by Gasteiger charge is 2.49. The Bertz CT molecular complexity index is 2040. The topological polar surface area (TPSA) is 27.3 Å². The smallest absolute Gasteiger partial charge is 0.515 e. The van der Waals surface area contributed by atoms with Crippen LogP contribution >= 0.6 is 92.8 Å². The minimum Gasteiger partial charge on any atom is -0.515 e. The molecular weight excluding hydrogens is 858 g/mol. The Morgan fingerprint density at radius 3 is 1.09 bits per heavy atom. The third-order valence-electron chi connectivity index (χ3n) is 9.37. The van der Waals surface area contributed by atoms with Crippen LogP contribution in [0.3, 0.4) is 0 Å². The van der Waals surface area contributed by atoms with Gasteiger partial charge in [0.15, 0.2) is 0 Å². The Labute approximate surface area is 363 Å². The number of benzene rings is 5. The Hall–Kier alpha value is -2.64. The molecule has 1 aliphatic heterocycles. The fourth-order valence-electron chi connectivity index (χ4n) is 7.22. The van der Waals surface area contributed by atoms with Crippen molar-refractivity contribution in [2.24, 2.45) is 0 Å². The van der Waals surface area contributed by atoms with Gasteiger partial charge in [-0.1, -0.05) is 153 Å². The largest absolute Gasteiger partial charge is 0.721 e. The summed E-state index contributed by atoms with van der Waals surface area (Å²) in [5, 5.41) is 3.65. The van der Waals surface area contributed by atoms with E-state index >= 15 is 0 Å². The normalized spacial score (nSPS) is 12.8. The van der Waals surface area contributed by atoms with E-state index in [1.807, 2.05) is 72.8 Å². The number of hydrogen-bond acceptors (Lipinski definition) is 2. The first-order valence-corrected chi connectivity index (χ1v) is 20.4. The van der Waals surface area contributed by atoms with Gasteiger partial charge >= 0.3 is 12.8 Å². The molecule has 1 aliphatic rings. The molecule has 0 fully saturated rings. The second kappa shape index (κ2) is 16.3. The number of para-hydroxylation sites is 2. The highest BCUT2D eigenvalue weighted by atomic mass is 35.5. The summed E-state index contributed by atoms with van der Waals surface area (Å²) in [6.45, 7) is 13.1. The van der Waals surface area contributed by atoms with E-state index in [0.29, 0.717) is 40.2 Å². The van der Waals surface area contributed by atoms with E-state index in [1.165, 1.54) is 0 Å². The van der Waals surface area contributed by atoms with E-state index in [4.69, 9.17) is 102 Å².